The van der Waals surface area contributed by atoms with Gasteiger partial charge in [-0.15, -0.1) is 0 Å². The molecule has 0 N–H and O–H groups in total. The molecule has 0 aliphatic carbocycles. The molecule has 0 radical (unpaired) electrons. The maximum absolute atomic E-state index is 12.4. The van der Waals surface area contributed by atoms with E-state index in [4.69, 9.17) is 4.74 Å². The predicted molar refractivity (Wildman–Crippen MR) is 106 cm³/mol. The lowest BCUT2D eigenvalue weighted by Gasteiger charge is -2.29. The van der Waals surface area contributed by atoms with Gasteiger partial charge in [0.2, 0.25) is 5.91 Å². The molecular weight excluding hydrogens is 324 g/mol. The molecule has 1 aromatic rings. The van der Waals surface area contributed by atoms with Crippen molar-refractivity contribution >= 4 is 5.91 Å². The first kappa shape index (κ1) is 19.2. The molecule has 1 atom stereocenters. The van der Waals surface area contributed by atoms with Crippen LogP contribution in [0.3, 0.4) is 0 Å². The molecule has 2 saturated heterocycles. The molecule has 2 heterocycles. The fourth-order valence-corrected chi connectivity index (χ4v) is 4.15. The molecule has 144 valence electrons. The summed E-state index contributed by atoms with van der Waals surface area (Å²) in [6.07, 6.45) is 7.77. The quantitative estimate of drug-likeness (QED) is 0.661. The van der Waals surface area contributed by atoms with Gasteiger partial charge in [-0.3, -0.25) is 4.79 Å². The minimum absolute atomic E-state index is 0.335. The Balaban J connectivity index is 1.28. The third-order valence-electron chi connectivity index (χ3n) is 5.65. The summed E-state index contributed by atoms with van der Waals surface area (Å²) < 4.78 is 5.77. The number of carbonyl (C=O) groups is 1. The molecule has 2 aliphatic heterocycles. The molecule has 1 aromatic carbocycles. The van der Waals surface area contributed by atoms with Gasteiger partial charge in [-0.1, -0.05) is 18.6 Å². The SMILES string of the molecule is Cc1cccc(OCCCCC(=O)N2CCC(CN3CCCCC3)C2)c1. The second kappa shape index (κ2) is 9.96. The van der Waals surface area contributed by atoms with E-state index in [0.717, 1.165) is 31.7 Å². The van der Waals surface area contributed by atoms with Gasteiger partial charge in [-0.25, -0.2) is 0 Å². The van der Waals surface area contributed by atoms with Gasteiger partial charge in [0.1, 0.15) is 5.75 Å². The Hall–Kier alpha value is -1.55. The summed E-state index contributed by atoms with van der Waals surface area (Å²) in [6.45, 7) is 8.38. The van der Waals surface area contributed by atoms with Gasteiger partial charge in [0, 0.05) is 26.1 Å². The summed E-state index contributed by atoms with van der Waals surface area (Å²) in [5.74, 6) is 1.94. The molecule has 0 aromatic heterocycles. The average molecular weight is 359 g/mol. The van der Waals surface area contributed by atoms with E-state index in [0.29, 0.717) is 24.9 Å². The Labute approximate surface area is 158 Å². The summed E-state index contributed by atoms with van der Waals surface area (Å²) in [5, 5.41) is 0. The molecule has 2 fully saturated rings. The Kier molecular flexibility index (Phi) is 7.36. The summed E-state index contributed by atoms with van der Waals surface area (Å²) >= 11 is 0. The highest BCUT2D eigenvalue weighted by Crippen LogP contribution is 2.21. The van der Waals surface area contributed by atoms with Gasteiger partial charge in [-0.05, 0) is 75.7 Å². The minimum atomic E-state index is 0.335. The molecule has 0 spiro atoms. The third kappa shape index (κ3) is 6.01. The van der Waals surface area contributed by atoms with Crippen molar-refractivity contribution in [2.45, 2.75) is 51.9 Å². The second-order valence-electron chi connectivity index (χ2n) is 7.98. The zero-order valence-corrected chi connectivity index (χ0v) is 16.3. The molecule has 4 nitrogen and oxygen atoms in total. The third-order valence-corrected chi connectivity index (χ3v) is 5.65. The van der Waals surface area contributed by atoms with Crippen LogP contribution in [0.1, 0.15) is 50.5 Å². The Morgan fingerprint density at radius 3 is 2.81 bits per heavy atom. The molecule has 1 unspecified atom stereocenters. The molecule has 0 bridgehead atoms. The molecule has 4 heteroatoms. The van der Waals surface area contributed by atoms with Crippen molar-refractivity contribution in [2.24, 2.45) is 5.92 Å². The summed E-state index contributed by atoms with van der Waals surface area (Å²) in [4.78, 5) is 17.1. The summed E-state index contributed by atoms with van der Waals surface area (Å²) in [6, 6.07) is 8.13. The molecule has 26 heavy (non-hydrogen) atoms. The van der Waals surface area contributed by atoms with Crippen LogP contribution in [-0.4, -0.2) is 55.0 Å². The van der Waals surface area contributed by atoms with Crippen LogP contribution in [0, 0.1) is 12.8 Å². The lowest BCUT2D eigenvalue weighted by molar-refractivity contribution is -0.130. The van der Waals surface area contributed by atoms with Crippen LogP contribution >= 0.6 is 0 Å². The molecule has 3 rings (SSSR count). The highest BCUT2D eigenvalue weighted by molar-refractivity contribution is 5.76. The number of ether oxygens (including phenoxy) is 1. The van der Waals surface area contributed by atoms with E-state index in [1.807, 2.05) is 12.1 Å². The molecule has 0 saturated carbocycles. The number of aryl methyl sites for hydroxylation is 1. The van der Waals surface area contributed by atoms with Gasteiger partial charge in [0.25, 0.3) is 0 Å². The van der Waals surface area contributed by atoms with Crippen molar-refractivity contribution in [3.63, 3.8) is 0 Å². The van der Waals surface area contributed by atoms with Gasteiger partial charge >= 0.3 is 0 Å². The van der Waals surface area contributed by atoms with Gasteiger partial charge < -0.3 is 14.5 Å². The van der Waals surface area contributed by atoms with Gasteiger partial charge in [-0.2, -0.15) is 0 Å². The Morgan fingerprint density at radius 2 is 2.00 bits per heavy atom. The number of benzene rings is 1. The standard InChI is InChI=1S/C22H34N2O2/c1-19-8-7-9-21(16-19)26-15-6-3-10-22(25)24-14-11-20(18-24)17-23-12-4-2-5-13-23/h7-9,16,20H,2-6,10-15,17-18H2,1H3. The van der Waals surface area contributed by atoms with Crippen LogP contribution in [0.5, 0.6) is 5.75 Å². The summed E-state index contributed by atoms with van der Waals surface area (Å²) in [7, 11) is 0. The van der Waals surface area contributed by atoms with Crippen molar-refractivity contribution in [3.8, 4) is 5.75 Å². The second-order valence-corrected chi connectivity index (χ2v) is 7.98. The largest absolute Gasteiger partial charge is 0.494 e. The number of carbonyl (C=O) groups excluding carboxylic acids is 1. The smallest absolute Gasteiger partial charge is 0.222 e. The topological polar surface area (TPSA) is 32.8 Å². The van der Waals surface area contributed by atoms with E-state index in [1.165, 1.54) is 50.9 Å². The van der Waals surface area contributed by atoms with Gasteiger partial charge in [0.15, 0.2) is 0 Å². The van der Waals surface area contributed by atoms with E-state index < -0.39 is 0 Å². The first-order valence-electron chi connectivity index (χ1n) is 10.4. The summed E-state index contributed by atoms with van der Waals surface area (Å²) in [5.41, 5.74) is 1.21. The van der Waals surface area contributed by atoms with Crippen LogP contribution in [0.15, 0.2) is 24.3 Å². The number of piperidine rings is 1. The van der Waals surface area contributed by atoms with Crippen LogP contribution in [-0.2, 0) is 4.79 Å². The van der Waals surface area contributed by atoms with Crippen LogP contribution in [0.4, 0.5) is 0 Å². The van der Waals surface area contributed by atoms with E-state index in [9.17, 15) is 4.79 Å². The fourth-order valence-electron chi connectivity index (χ4n) is 4.15. The van der Waals surface area contributed by atoms with Crippen LogP contribution < -0.4 is 4.74 Å². The maximum atomic E-state index is 12.4. The van der Waals surface area contributed by atoms with Crippen LogP contribution in [0.2, 0.25) is 0 Å². The zero-order chi connectivity index (χ0) is 18.2. The first-order valence-corrected chi connectivity index (χ1v) is 10.4. The number of hydrogen-bond acceptors (Lipinski definition) is 3. The number of hydrogen-bond donors (Lipinski definition) is 0. The number of unbranched alkanes of at least 4 members (excludes halogenated alkanes) is 1. The van der Waals surface area contributed by atoms with Crippen LogP contribution in [0.25, 0.3) is 0 Å². The lowest BCUT2D eigenvalue weighted by Crippen LogP contribution is -2.36. The molecule has 1 amide bonds. The van der Waals surface area contributed by atoms with Crippen molar-refractivity contribution in [1.29, 1.82) is 0 Å². The van der Waals surface area contributed by atoms with E-state index in [1.54, 1.807) is 0 Å². The maximum Gasteiger partial charge on any atom is 0.222 e. The Bertz CT molecular complexity index is 569. The fraction of sp³-hybridized carbons (Fsp3) is 0.682. The predicted octanol–water partition coefficient (Wildman–Crippen LogP) is 3.88. The highest BCUT2D eigenvalue weighted by atomic mass is 16.5. The number of nitrogens with zero attached hydrogens (tertiary/aromatic N) is 2. The van der Waals surface area contributed by atoms with Crippen molar-refractivity contribution < 1.29 is 9.53 Å². The average Bonchev–Trinajstić information content (AvgIpc) is 3.11. The zero-order valence-electron chi connectivity index (χ0n) is 16.3. The number of amides is 1. The van der Waals surface area contributed by atoms with E-state index in [-0.39, 0.29) is 0 Å². The minimum Gasteiger partial charge on any atom is -0.494 e. The van der Waals surface area contributed by atoms with E-state index in [2.05, 4.69) is 28.9 Å². The van der Waals surface area contributed by atoms with Crippen molar-refractivity contribution in [1.82, 2.24) is 9.80 Å². The molecule has 2 aliphatic rings. The molecular formula is C22H34N2O2. The normalized spacial score (nSPS) is 21.1. The van der Waals surface area contributed by atoms with Crippen molar-refractivity contribution in [2.75, 3.05) is 39.3 Å². The Morgan fingerprint density at radius 1 is 1.15 bits per heavy atom. The number of rotatable bonds is 8. The highest BCUT2D eigenvalue weighted by Gasteiger charge is 2.27. The number of likely N-dealkylation sites (tertiary alicyclic amines) is 2. The lowest BCUT2D eigenvalue weighted by atomic mass is 10.1. The monoisotopic (exact) mass is 358 g/mol. The van der Waals surface area contributed by atoms with Gasteiger partial charge in [0.05, 0.1) is 6.61 Å². The first-order chi connectivity index (χ1) is 12.7. The van der Waals surface area contributed by atoms with E-state index >= 15 is 0 Å². The van der Waals surface area contributed by atoms with Crippen molar-refractivity contribution in [3.05, 3.63) is 29.8 Å².